The third-order valence-electron chi connectivity index (χ3n) is 14.1. The van der Waals surface area contributed by atoms with E-state index in [1.807, 2.05) is 0 Å². The molecule has 3 N–H and O–H groups in total. The number of aliphatic hydroxyl groups is 3. The van der Waals surface area contributed by atoms with E-state index in [0.29, 0.717) is 23.7 Å². The lowest BCUT2D eigenvalue weighted by Gasteiger charge is -2.63. The number of hydrogen-bond donors (Lipinski definition) is 3. The lowest BCUT2D eigenvalue weighted by atomic mass is 9.41. The number of esters is 1. The number of hydrogen-bond acceptors (Lipinski definition) is 6. The average Bonchev–Trinajstić information content (AvgIpc) is 3.44. The molecule has 0 amide bonds. The number of carbonyl (C=O) groups is 1. The standard InChI is InChI=1S/C32H52O6/c1-17-15-19(26(28(5,6)36)37-18(2)33)38-24-23(17)29(7)13-14-32-16-31(32)12-11-22(34)27(3,4)20(31)9-10-21(32)30(29,8)25(24)35/h17,19-26,34-36H,9-16H2,1-8H3/t17-,19-,20+,21+,22+,23+,24-,25+,26-,29-,30-,31-,32?/m1/s1. The fraction of sp³-hybridized carbons (Fsp3) is 0.969. The Morgan fingerprint density at radius 1 is 1.00 bits per heavy atom. The Hall–Kier alpha value is -0.690. The SMILES string of the molecule is CC(=O)O[C@H]([C@H]1C[C@@H](C)[C@H]2[C@@H](O1)[C@H](O)[C@@]1(C)[C@@H]3CC[C@H]4C(C)(C)[C@@H](O)CC[C@@]45CC35CC[C@]21C)C(C)(C)O. The van der Waals surface area contributed by atoms with E-state index in [1.165, 1.54) is 19.8 Å². The van der Waals surface area contributed by atoms with Crippen molar-refractivity contribution >= 4 is 5.97 Å². The van der Waals surface area contributed by atoms with Gasteiger partial charge in [0, 0.05) is 12.3 Å². The van der Waals surface area contributed by atoms with Gasteiger partial charge in [-0.15, -0.1) is 0 Å². The first-order chi connectivity index (χ1) is 17.5. The van der Waals surface area contributed by atoms with E-state index >= 15 is 0 Å². The maximum atomic E-state index is 12.3. The summed E-state index contributed by atoms with van der Waals surface area (Å²) < 4.78 is 12.4. The first-order valence-corrected chi connectivity index (χ1v) is 15.4. The minimum Gasteiger partial charge on any atom is -0.457 e. The van der Waals surface area contributed by atoms with Gasteiger partial charge in [0.2, 0.25) is 0 Å². The molecule has 38 heavy (non-hydrogen) atoms. The zero-order chi connectivity index (χ0) is 27.8. The van der Waals surface area contributed by atoms with Gasteiger partial charge in [0.1, 0.15) is 0 Å². The third-order valence-corrected chi connectivity index (χ3v) is 14.1. The lowest BCUT2D eigenvalue weighted by molar-refractivity contribution is -0.216. The minimum atomic E-state index is -1.24. The molecular weight excluding hydrogens is 480 g/mol. The summed E-state index contributed by atoms with van der Waals surface area (Å²) in [6, 6.07) is 0. The van der Waals surface area contributed by atoms with Gasteiger partial charge in [-0.3, -0.25) is 4.79 Å². The molecule has 1 heterocycles. The normalized spacial score (nSPS) is 55.4. The molecule has 1 aliphatic heterocycles. The molecule has 2 spiro atoms. The Kier molecular flexibility index (Phi) is 5.77. The van der Waals surface area contributed by atoms with Gasteiger partial charge in [-0.1, -0.05) is 34.6 Å². The van der Waals surface area contributed by atoms with Crippen LogP contribution in [0.5, 0.6) is 0 Å². The molecule has 0 aromatic heterocycles. The summed E-state index contributed by atoms with van der Waals surface area (Å²) in [4.78, 5) is 11.9. The fourth-order valence-electron chi connectivity index (χ4n) is 12.4. The van der Waals surface area contributed by atoms with Gasteiger partial charge in [0.15, 0.2) is 6.10 Å². The van der Waals surface area contributed by atoms with Crippen LogP contribution in [0.25, 0.3) is 0 Å². The van der Waals surface area contributed by atoms with Gasteiger partial charge < -0.3 is 24.8 Å². The monoisotopic (exact) mass is 532 g/mol. The van der Waals surface area contributed by atoms with Gasteiger partial charge in [-0.25, -0.2) is 0 Å². The highest BCUT2D eigenvalue weighted by molar-refractivity contribution is 5.66. The Bertz CT molecular complexity index is 1000. The molecule has 0 radical (unpaired) electrons. The molecule has 0 aromatic carbocycles. The molecule has 13 atom stereocenters. The number of ether oxygens (including phenoxy) is 2. The van der Waals surface area contributed by atoms with E-state index in [1.54, 1.807) is 13.8 Å². The first-order valence-electron chi connectivity index (χ1n) is 15.4. The maximum Gasteiger partial charge on any atom is 0.303 e. The maximum absolute atomic E-state index is 12.3. The van der Waals surface area contributed by atoms with Gasteiger partial charge in [-0.05, 0) is 111 Å². The van der Waals surface area contributed by atoms with Crippen LogP contribution in [0.4, 0.5) is 0 Å². The topological polar surface area (TPSA) is 96.2 Å². The molecule has 6 nitrogen and oxygen atoms in total. The molecule has 6 fully saturated rings. The summed E-state index contributed by atoms with van der Waals surface area (Å²) >= 11 is 0. The molecule has 5 saturated carbocycles. The molecule has 0 aromatic rings. The van der Waals surface area contributed by atoms with Gasteiger partial charge in [0.05, 0.1) is 30.0 Å². The van der Waals surface area contributed by atoms with Crippen LogP contribution in [0.15, 0.2) is 0 Å². The predicted molar refractivity (Wildman–Crippen MR) is 144 cm³/mol. The average molecular weight is 533 g/mol. The highest BCUT2D eigenvalue weighted by Crippen LogP contribution is 2.89. The summed E-state index contributed by atoms with van der Waals surface area (Å²) in [5.74, 6) is 1.09. The van der Waals surface area contributed by atoms with E-state index < -0.39 is 29.9 Å². The molecule has 5 aliphatic carbocycles. The van der Waals surface area contributed by atoms with E-state index in [-0.39, 0.29) is 45.7 Å². The summed E-state index contributed by atoms with van der Waals surface area (Å²) in [5, 5.41) is 34.2. The van der Waals surface area contributed by atoms with Crippen LogP contribution >= 0.6 is 0 Å². The van der Waals surface area contributed by atoms with Crippen LogP contribution in [0.2, 0.25) is 0 Å². The lowest BCUT2D eigenvalue weighted by Crippen LogP contribution is -2.59. The van der Waals surface area contributed by atoms with Crippen LogP contribution in [-0.2, 0) is 14.3 Å². The van der Waals surface area contributed by atoms with Crippen LogP contribution in [0.1, 0.15) is 107 Å². The van der Waals surface area contributed by atoms with Crippen molar-refractivity contribution < 1.29 is 29.6 Å². The molecule has 6 heteroatoms. The van der Waals surface area contributed by atoms with Crippen molar-refractivity contribution in [1.29, 1.82) is 0 Å². The number of aliphatic hydroxyl groups excluding tert-OH is 2. The Morgan fingerprint density at radius 2 is 1.63 bits per heavy atom. The largest absolute Gasteiger partial charge is 0.457 e. The van der Waals surface area contributed by atoms with Crippen LogP contribution < -0.4 is 0 Å². The quantitative estimate of drug-likeness (QED) is 0.449. The van der Waals surface area contributed by atoms with Crippen molar-refractivity contribution in [3.63, 3.8) is 0 Å². The van der Waals surface area contributed by atoms with E-state index in [4.69, 9.17) is 9.47 Å². The summed E-state index contributed by atoms with van der Waals surface area (Å²) in [7, 11) is 0. The van der Waals surface area contributed by atoms with Crippen LogP contribution in [0, 0.1) is 50.7 Å². The van der Waals surface area contributed by atoms with Crippen molar-refractivity contribution in [2.75, 3.05) is 0 Å². The number of carbonyl (C=O) groups excluding carboxylic acids is 1. The van der Waals surface area contributed by atoms with Gasteiger partial charge in [0.25, 0.3) is 0 Å². The predicted octanol–water partition coefficient (Wildman–Crippen LogP) is 4.86. The molecular formula is C32H52O6. The zero-order valence-corrected chi connectivity index (χ0v) is 24.9. The van der Waals surface area contributed by atoms with Crippen molar-refractivity contribution in [2.24, 2.45) is 50.7 Å². The molecule has 1 unspecified atom stereocenters. The third kappa shape index (κ3) is 3.13. The number of fused-ring (bicyclic) bond motifs is 4. The Balaban J connectivity index is 1.35. The molecule has 6 rings (SSSR count). The van der Waals surface area contributed by atoms with Gasteiger partial charge in [-0.2, -0.15) is 0 Å². The minimum absolute atomic E-state index is 0.0383. The second kappa shape index (κ2) is 7.98. The second-order valence-electron chi connectivity index (χ2n) is 16.3. The molecule has 1 saturated heterocycles. The fourth-order valence-corrected chi connectivity index (χ4v) is 12.4. The summed E-state index contributed by atoms with van der Waals surface area (Å²) in [6.45, 7) is 16.4. The smallest absolute Gasteiger partial charge is 0.303 e. The Morgan fingerprint density at radius 3 is 2.26 bits per heavy atom. The van der Waals surface area contributed by atoms with Crippen molar-refractivity contribution in [2.45, 2.75) is 143 Å². The molecule has 216 valence electrons. The van der Waals surface area contributed by atoms with Crippen LogP contribution in [0.3, 0.4) is 0 Å². The number of rotatable bonds is 3. The zero-order valence-electron chi connectivity index (χ0n) is 24.9. The summed E-state index contributed by atoms with van der Waals surface area (Å²) in [6.07, 6.45) is 6.19. The highest BCUT2D eigenvalue weighted by Gasteiger charge is 2.84. The summed E-state index contributed by atoms with van der Waals surface area (Å²) in [5.41, 5.74) is -1.01. The Labute approximate surface area is 229 Å². The van der Waals surface area contributed by atoms with Crippen LogP contribution in [-0.4, -0.2) is 57.4 Å². The molecule has 0 bridgehead atoms. The van der Waals surface area contributed by atoms with Crippen molar-refractivity contribution in [1.82, 2.24) is 0 Å². The first kappa shape index (κ1) is 27.5. The van der Waals surface area contributed by atoms with E-state index in [0.717, 1.165) is 32.1 Å². The van der Waals surface area contributed by atoms with Gasteiger partial charge >= 0.3 is 5.97 Å². The van der Waals surface area contributed by atoms with Crippen molar-refractivity contribution in [3.05, 3.63) is 0 Å². The molecule has 6 aliphatic rings. The second-order valence-corrected chi connectivity index (χ2v) is 16.3. The van der Waals surface area contributed by atoms with E-state index in [2.05, 4.69) is 34.6 Å². The van der Waals surface area contributed by atoms with Crippen molar-refractivity contribution in [3.8, 4) is 0 Å². The van der Waals surface area contributed by atoms with E-state index in [9.17, 15) is 20.1 Å². The highest BCUT2D eigenvalue weighted by atomic mass is 16.6.